The Labute approximate surface area is 518 Å². The van der Waals surface area contributed by atoms with Crippen LogP contribution in [0.4, 0.5) is 34.1 Å². The van der Waals surface area contributed by atoms with E-state index in [9.17, 15) is 0 Å². The highest BCUT2D eigenvalue weighted by molar-refractivity contribution is 7.00. The van der Waals surface area contributed by atoms with Crippen LogP contribution in [0.15, 0.2) is 300 Å². The first kappa shape index (κ1) is 51.4. The Morgan fingerprint density at radius 3 is 1.06 bits per heavy atom. The molecule has 2 aromatic heterocycles. The van der Waals surface area contributed by atoms with E-state index >= 15 is 0 Å². The van der Waals surface area contributed by atoms with Gasteiger partial charge in [0.1, 0.15) is 22.3 Å². The Bertz CT molecular complexity index is 4820. The number of hydrogen-bond donors (Lipinski definition) is 0. The molecule has 0 bridgehead atoms. The molecule has 18 rings (SSSR count). The van der Waals surface area contributed by atoms with Gasteiger partial charge in [0.15, 0.2) is 0 Å². The van der Waals surface area contributed by atoms with Crippen LogP contribution in [0.5, 0.6) is 0 Å². The maximum Gasteiger partial charge on any atom is 0.252 e. The zero-order chi connectivity index (χ0) is 58.5. The lowest BCUT2D eigenvalue weighted by Gasteiger charge is -2.46. The normalized spacial score (nSPS) is 13.7. The van der Waals surface area contributed by atoms with Gasteiger partial charge in [0.05, 0.1) is 11.4 Å². The molecule has 5 heteroatoms. The van der Waals surface area contributed by atoms with Gasteiger partial charge in [-0.3, -0.25) is 0 Å². The maximum absolute atomic E-state index is 6.63. The Kier molecular flexibility index (Phi) is 12.1. The minimum Gasteiger partial charge on any atom is -0.456 e. The summed E-state index contributed by atoms with van der Waals surface area (Å²) in [5.41, 5.74) is 29.6. The van der Waals surface area contributed by atoms with E-state index in [0.717, 1.165) is 124 Å². The van der Waals surface area contributed by atoms with Gasteiger partial charge >= 0.3 is 0 Å². The van der Waals surface area contributed by atoms with Crippen molar-refractivity contribution in [3.63, 3.8) is 0 Å². The zero-order valence-corrected chi connectivity index (χ0v) is 49.1. The molecule has 0 N–H and O–H groups in total. The zero-order valence-electron chi connectivity index (χ0n) is 49.1. The summed E-state index contributed by atoms with van der Waals surface area (Å²) in [5.74, 6) is 0.370. The number of para-hydroxylation sites is 4. The topological polar surface area (TPSA) is 32.8 Å². The Balaban J connectivity index is 0.974. The van der Waals surface area contributed by atoms with Crippen LogP contribution in [0.2, 0.25) is 0 Å². The van der Waals surface area contributed by atoms with E-state index in [1.807, 2.05) is 0 Å². The third-order valence-corrected chi connectivity index (χ3v) is 19.5. The summed E-state index contributed by atoms with van der Waals surface area (Å²) in [4.78, 5) is 5.40. The maximum atomic E-state index is 6.63. The monoisotopic (exact) mass is 1140 g/mol. The highest BCUT2D eigenvalue weighted by Crippen LogP contribution is 2.55. The molecule has 0 saturated heterocycles. The molecule has 4 nitrogen and oxygen atoms in total. The quantitative estimate of drug-likeness (QED) is 0.135. The minimum absolute atomic E-state index is 0.162. The van der Waals surface area contributed by atoms with Crippen molar-refractivity contribution < 1.29 is 8.83 Å². The molecule has 0 amide bonds. The second kappa shape index (κ2) is 20.9. The van der Waals surface area contributed by atoms with Gasteiger partial charge < -0.3 is 18.6 Å². The Hall–Kier alpha value is -10.9. The molecular weight excluding hydrogens is 1080 g/mol. The van der Waals surface area contributed by atoms with E-state index in [1.165, 1.54) is 74.8 Å². The molecule has 1 aliphatic carbocycles. The van der Waals surface area contributed by atoms with Gasteiger partial charge in [-0.15, -0.1) is 0 Å². The van der Waals surface area contributed by atoms with Crippen molar-refractivity contribution in [3.8, 4) is 66.8 Å². The summed E-state index contributed by atoms with van der Waals surface area (Å²) < 4.78 is 13.3. The van der Waals surface area contributed by atoms with Gasteiger partial charge in [0.25, 0.3) is 6.71 Å². The average molecular weight is 1140 g/mol. The number of rotatable bonds is 9. The van der Waals surface area contributed by atoms with E-state index in [0.29, 0.717) is 5.92 Å². The summed E-state index contributed by atoms with van der Waals surface area (Å²) in [6, 6.07) is 108. The summed E-state index contributed by atoms with van der Waals surface area (Å²) in [6.45, 7) is -0.162. The molecule has 2 aliphatic heterocycles. The van der Waals surface area contributed by atoms with Gasteiger partial charge in [0, 0.05) is 66.5 Å². The molecule has 15 aromatic rings. The number of fused-ring (bicyclic) bond motifs is 10. The van der Waals surface area contributed by atoms with Gasteiger partial charge in [-0.25, -0.2) is 0 Å². The fourth-order valence-corrected chi connectivity index (χ4v) is 15.3. The smallest absolute Gasteiger partial charge is 0.252 e. The number of benzene rings is 13. The molecule has 0 radical (unpaired) electrons. The second-order valence-corrected chi connectivity index (χ2v) is 24.4. The van der Waals surface area contributed by atoms with Crippen LogP contribution in [-0.4, -0.2) is 6.71 Å². The highest BCUT2D eigenvalue weighted by Gasteiger charge is 2.46. The largest absolute Gasteiger partial charge is 0.456 e. The first-order valence-corrected chi connectivity index (χ1v) is 31.5. The molecule has 89 heavy (non-hydrogen) atoms. The molecular formula is C84H59BN2O2. The fraction of sp³-hybridized carbons (Fsp3) is 0.0714. The van der Waals surface area contributed by atoms with Crippen LogP contribution in [0.1, 0.15) is 43.6 Å². The molecule has 0 spiro atoms. The van der Waals surface area contributed by atoms with Crippen molar-refractivity contribution in [2.75, 3.05) is 9.80 Å². The minimum atomic E-state index is -0.162. The predicted octanol–water partition coefficient (Wildman–Crippen LogP) is 21.6. The van der Waals surface area contributed by atoms with Crippen molar-refractivity contribution in [1.82, 2.24) is 0 Å². The lowest BCUT2D eigenvalue weighted by molar-refractivity contribution is 0.444. The van der Waals surface area contributed by atoms with E-state index in [1.54, 1.807) is 0 Å². The van der Waals surface area contributed by atoms with E-state index < -0.39 is 0 Å². The molecule has 0 unspecified atom stereocenters. The van der Waals surface area contributed by atoms with Crippen LogP contribution in [-0.2, 0) is 0 Å². The SMILES string of the molecule is c1ccc(-c2cccc(-c3ccccc3)c2N2c3cc(-c4ccc5c(c4)oc4ccccc45)ccc3B3c4ccc(-c5ccc6c(c5)oc5ccccc56)cc4N(c4c(-c5ccccc5)cccc4-c4ccccc4)c4cc(C5CCCCC5)cc2c43)cc1. The van der Waals surface area contributed by atoms with Crippen LogP contribution in [0, 0.1) is 0 Å². The molecule has 0 atom stereocenters. The average Bonchev–Trinajstić information content (AvgIpc) is 1.09. The van der Waals surface area contributed by atoms with Crippen LogP contribution < -0.4 is 26.2 Å². The summed E-state index contributed by atoms with van der Waals surface area (Å²) in [5, 5.41) is 4.50. The first-order chi connectivity index (χ1) is 44.1. The van der Waals surface area contributed by atoms with Crippen molar-refractivity contribution >= 4 is 101 Å². The number of furan rings is 2. The van der Waals surface area contributed by atoms with Crippen molar-refractivity contribution in [3.05, 3.63) is 297 Å². The van der Waals surface area contributed by atoms with Crippen LogP contribution in [0.3, 0.4) is 0 Å². The summed E-state index contributed by atoms with van der Waals surface area (Å²) >= 11 is 0. The lowest BCUT2D eigenvalue weighted by atomic mass is 9.33. The van der Waals surface area contributed by atoms with Crippen molar-refractivity contribution in [1.29, 1.82) is 0 Å². The van der Waals surface area contributed by atoms with E-state index in [2.05, 4.69) is 301 Å². The number of nitrogens with zero attached hydrogens (tertiary/aromatic N) is 2. The molecule has 1 fully saturated rings. The van der Waals surface area contributed by atoms with E-state index in [4.69, 9.17) is 8.83 Å². The third-order valence-electron chi connectivity index (χ3n) is 19.5. The molecule has 4 heterocycles. The highest BCUT2D eigenvalue weighted by atomic mass is 16.3. The van der Waals surface area contributed by atoms with Crippen LogP contribution >= 0.6 is 0 Å². The molecule has 13 aromatic carbocycles. The van der Waals surface area contributed by atoms with Crippen molar-refractivity contribution in [2.24, 2.45) is 0 Å². The third kappa shape index (κ3) is 8.44. The van der Waals surface area contributed by atoms with Gasteiger partial charge in [-0.2, -0.15) is 0 Å². The summed E-state index contributed by atoms with van der Waals surface area (Å²) in [7, 11) is 0. The Morgan fingerprint density at radius 2 is 0.640 bits per heavy atom. The van der Waals surface area contributed by atoms with Gasteiger partial charge in [-0.1, -0.05) is 250 Å². The van der Waals surface area contributed by atoms with Gasteiger partial charge in [0.2, 0.25) is 0 Å². The molecule has 3 aliphatic rings. The fourth-order valence-electron chi connectivity index (χ4n) is 15.3. The number of anilines is 6. The second-order valence-electron chi connectivity index (χ2n) is 24.4. The first-order valence-electron chi connectivity index (χ1n) is 31.5. The molecule has 420 valence electrons. The molecule has 1 saturated carbocycles. The Morgan fingerprint density at radius 1 is 0.281 bits per heavy atom. The van der Waals surface area contributed by atoms with Crippen molar-refractivity contribution in [2.45, 2.75) is 38.0 Å². The van der Waals surface area contributed by atoms with Crippen LogP contribution in [0.25, 0.3) is 111 Å². The predicted molar refractivity (Wildman–Crippen MR) is 373 cm³/mol. The van der Waals surface area contributed by atoms with Gasteiger partial charge in [-0.05, 0) is 146 Å². The standard InChI is InChI=1S/C84H59BN2O2/c1-6-22-54(23-7-1)63-50-76-82-77(51-63)87(84-66(57-28-12-4-13-29-57)36-21-37-67(84)58-30-14-5-15-31-58)75-49-60(62-41-45-71-69-33-17-19-39-79(69)89-81(71)53-62)43-47-73(75)85(82)72-46-42-59(61-40-44-70-68-32-16-18-38-78(68)88-80(70)52-61)48-74(72)86(76)83-64(55-24-8-2-9-25-55)34-20-35-65(83)56-26-10-3-11-27-56/h2-5,8-21,24-54H,1,6-7,22-23H2. The van der Waals surface area contributed by atoms with E-state index in [-0.39, 0.29) is 6.71 Å². The summed E-state index contributed by atoms with van der Waals surface area (Å²) in [6.07, 6.45) is 5.96. The number of hydrogen-bond acceptors (Lipinski definition) is 4. The lowest BCUT2D eigenvalue weighted by Crippen LogP contribution is -2.61.